The van der Waals surface area contributed by atoms with E-state index in [9.17, 15) is 22.8 Å². The second kappa shape index (κ2) is 5.98. The Morgan fingerprint density at radius 2 is 1.84 bits per heavy atom. The van der Waals surface area contributed by atoms with Crippen LogP contribution in [0.3, 0.4) is 0 Å². The summed E-state index contributed by atoms with van der Waals surface area (Å²) in [4.78, 5) is 24.5. The summed E-state index contributed by atoms with van der Waals surface area (Å²) < 4.78 is 44.2. The van der Waals surface area contributed by atoms with Crippen LogP contribution in [0.25, 0.3) is 0 Å². The Morgan fingerprint density at radius 3 is 2.32 bits per heavy atom. The highest BCUT2D eigenvalue weighted by Gasteiger charge is 2.44. The summed E-state index contributed by atoms with van der Waals surface area (Å²) in [7, 11) is 0. The van der Waals surface area contributed by atoms with Gasteiger partial charge in [-0.15, -0.1) is 11.3 Å². The van der Waals surface area contributed by atoms with E-state index in [2.05, 4.69) is 5.32 Å². The lowest BCUT2D eigenvalue weighted by molar-refractivity contribution is -0.175. The number of nitrogens with one attached hydrogen (secondary N) is 1. The number of hydrogen-bond acceptors (Lipinski definition) is 4. The highest BCUT2D eigenvalue weighted by Crippen LogP contribution is 2.48. The minimum Gasteiger partial charge on any atom is -0.365 e. The van der Waals surface area contributed by atoms with E-state index in [1.807, 2.05) is 13.8 Å². The zero-order valence-corrected chi connectivity index (χ0v) is 15.4. The van der Waals surface area contributed by atoms with Crippen LogP contribution in [-0.2, 0) is 21.6 Å². The Kier molecular flexibility index (Phi) is 4.71. The highest BCUT2D eigenvalue weighted by molar-refractivity contribution is 7.17. The number of nitrogens with two attached hydrogens (primary N) is 1. The quantitative estimate of drug-likeness (QED) is 0.844. The number of ether oxygens (including phenoxy) is 1. The number of carbonyl (C=O) groups excluding carboxylic acids is 2. The van der Waals surface area contributed by atoms with Gasteiger partial charge in [-0.3, -0.25) is 9.59 Å². The summed E-state index contributed by atoms with van der Waals surface area (Å²) in [6, 6.07) is 0. The lowest BCUT2D eigenvalue weighted by Gasteiger charge is -2.41. The maximum Gasteiger partial charge on any atom is 0.400 e. The van der Waals surface area contributed by atoms with Crippen molar-refractivity contribution >= 4 is 28.2 Å². The van der Waals surface area contributed by atoms with Crippen molar-refractivity contribution in [1.82, 2.24) is 0 Å². The van der Waals surface area contributed by atoms with Crippen molar-refractivity contribution < 1.29 is 27.5 Å². The standard InChI is InChI=1S/C16H21F3N2O3S/c1-7(16(17,18)19)12(23)21-13-9(11(20)22)8-6-14(2,3)24-15(4,5)10(8)25-13/h7H,6H2,1-5H3,(H2,20,22)(H,21,23). The van der Waals surface area contributed by atoms with Gasteiger partial charge in [0, 0.05) is 11.3 Å². The number of hydrogen-bond donors (Lipinski definition) is 2. The van der Waals surface area contributed by atoms with Gasteiger partial charge in [0.15, 0.2) is 0 Å². The molecule has 9 heteroatoms. The van der Waals surface area contributed by atoms with Gasteiger partial charge in [-0.1, -0.05) is 0 Å². The fraction of sp³-hybridized carbons (Fsp3) is 0.625. The molecule has 2 rings (SSSR count). The molecule has 0 spiro atoms. The summed E-state index contributed by atoms with van der Waals surface area (Å²) in [5, 5.41) is 2.26. The molecular formula is C16H21F3N2O3S. The van der Waals surface area contributed by atoms with Gasteiger partial charge in [-0.05, 0) is 40.2 Å². The Balaban J connectivity index is 2.50. The summed E-state index contributed by atoms with van der Waals surface area (Å²) in [5.74, 6) is -4.22. The number of anilines is 1. The second-order valence-corrected chi connectivity index (χ2v) is 8.30. The van der Waals surface area contributed by atoms with Crippen molar-refractivity contribution in [2.75, 3.05) is 5.32 Å². The molecule has 0 radical (unpaired) electrons. The molecule has 2 amide bonds. The third-order valence-corrected chi connectivity index (χ3v) is 5.51. The first-order valence-corrected chi connectivity index (χ1v) is 8.51. The molecule has 140 valence electrons. The van der Waals surface area contributed by atoms with Crippen molar-refractivity contribution in [3.8, 4) is 0 Å². The van der Waals surface area contributed by atoms with Gasteiger partial charge in [0.25, 0.3) is 5.91 Å². The lowest BCUT2D eigenvalue weighted by atomic mass is 9.86. The molecule has 1 unspecified atom stereocenters. The number of primary amides is 1. The van der Waals surface area contributed by atoms with Crippen molar-refractivity contribution in [3.63, 3.8) is 0 Å². The van der Waals surface area contributed by atoms with E-state index in [0.29, 0.717) is 16.9 Å². The first kappa shape index (κ1) is 19.7. The Morgan fingerprint density at radius 1 is 1.28 bits per heavy atom. The van der Waals surface area contributed by atoms with Gasteiger partial charge in [0.05, 0.1) is 16.8 Å². The van der Waals surface area contributed by atoms with Crippen molar-refractivity contribution in [1.29, 1.82) is 0 Å². The molecule has 3 N–H and O–H groups in total. The van der Waals surface area contributed by atoms with E-state index in [-0.39, 0.29) is 10.6 Å². The van der Waals surface area contributed by atoms with E-state index in [1.165, 1.54) is 0 Å². The maximum atomic E-state index is 12.7. The van der Waals surface area contributed by atoms with E-state index in [0.717, 1.165) is 18.3 Å². The van der Waals surface area contributed by atoms with Crippen LogP contribution in [-0.4, -0.2) is 23.6 Å². The number of halogens is 3. The fourth-order valence-corrected chi connectivity index (χ4v) is 4.30. The molecular weight excluding hydrogens is 357 g/mol. The third kappa shape index (κ3) is 3.82. The molecule has 1 aromatic rings. The monoisotopic (exact) mass is 378 g/mol. The zero-order chi connectivity index (χ0) is 19.4. The van der Waals surface area contributed by atoms with Gasteiger partial charge < -0.3 is 15.8 Å². The summed E-state index contributed by atoms with van der Waals surface area (Å²) in [5.41, 5.74) is 4.79. The number of alkyl halides is 3. The van der Waals surface area contributed by atoms with E-state index in [4.69, 9.17) is 10.5 Å². The minimum absolute atomic E-state index is 0.0352. The van der Waals surface area contributed by atoms with Gasteiger partial charge in [0.2, 0.25) is 5.91 Å². The largest absolute Gasteiger partial charge is 0.400 e. The van der Waals surface area contributed by atoms with E-state index >= 15 is 0 Å². The van der Waals surface area contributed by atoms with Crippen LogP contribution in [0.1, 0.15) is 55.4 Å². The molecule has 1 atom stereocenters. The molecule has 0 saturated heterocycles. The molecule has 1 aliphatic rings. The van der Waals surface area contributed by atoms with Crippen LogP contribution in [0.2, 0.25) is 0 Å². The highest BCUT2D eigenvalue weighted by atomic mass is 32.1. The second-order valence-electron chi connectivity index (χ2n) is 7.28. The molecule has 2 heterocycles. The summed E-state index contributed by atoms with van der Waals surface area (Å²) in [6.07, 6.45) is -4.30. The number of carbonyl (C=O) groups is 2. The fourth-order valence-electron chi connectivity index (χ4n) is 3.04. The third-order valence-electron chi connectivity index (χ3n) is 4.06. The molecule has 1 aromatic heterocycles. The van der Waals surface area contributed by atoms with Gasteiger partial charge in [0.1, 0.15) is 10.9 Å². The molecule has 0 fully saturated rings. The van der Waals surface area contributed by atoms with Crippen LogP contribution >= 0.6 is 11.3 Å². The first-order valence-electron chi connectivity index (χ1n) is 7.69. The molecule has 0 aromatic carbocycles. The molecule has 1 aliphatic heterocycles. The predicted octanol–water partition coefficient (Wildman–Crippen LogP) is 3.57. The number of rotatable bonds is 3. The Hall–Kier alpha value is -1.61. The van der Waals surface area contributed by atoms with Crippen molar-refractivity contribution in [3.05, 3.63) is 16.0 Å². The Labute approximate surface area is 147 Å². The van der Waals surface area contributed by atoms with Crippen LogP contribution in [0.5, 0.6) is 0 Å². The number of fused-ring (bicyclic) bond motifs is 1. The van der Waals surface area contributed by atoms with E-state index < -0.39 is 35.1 Å². The lowest BCUT2D eigenvalue weighted by Crippen LogP contribution is -2.42. The van der Waals surface area contributed by atoms with Gasteiger partial charge in [-0.2, -0.15) is 13.2 Å². The minimum atomic E-state index is -4.67. The average molecular weight is 378 g/mol. The SMILES string of the molecule is CC(C(=O)Nc1sc2c(c1C(N)=O)CC(C)(C)OC2(C)C)C(F)(F)F. The average Bonchev–Trinajstić information content (AvgIpc) is 2.73. The number of thiophene rings is 1. The summed E-state index contributed by atoms with van der Waals surface area (Å²) in [6.45, 7) is 8.08. The van der Waals surface area contributed by atoms with Crippen LogP contribution in [0.4, 0.5) is 18.2 Å². The van der Waals surface area contributed by atoms with Crippen LogP contribution in [0.15, 0.2) is 0 Å². The topological polar surface area (TPSA) is 81.4 Å². The molecule has 0 bridgehead atoms. The number of amides is 2. The molecule has 0 saturated carbocycles. The van der Waals surface area contributed by atoms with E-state index in [1.54, 1.807) is 13.8 Å². The normalized spacial score (nSPS) is 19.8. The van der Waals surface area contributed by atoms with Crippen LogP contribution in [0, 0.1) is 5.92 Å². The summed E-state index contributed by atoms with van der Waals surface area (Å²) >= 11 is 1.03. The van der Waals surface area contributed by atoms with Gasteiger partial charge in [-0.25, -0.2) is 0 Å². The molecule has 25 heavy (non-hydrogen) atoms. The van der Waals surface area contributed by atoms with Crippen molar-refractivity contribution in [2.45, 2.75) is 58.4 Å². The Bertz CT molecular complexity index is 723. The van der Waals surface area contributed by atoms with Crippen molar-refractivity contribution in [2.24, 2.45) is 11.7 Å². The predicted molar refractivity (Wildman–Crippen MR) is 88.6 cm³/mol. The van der Waals surface area contributed by atoms with Gasteiger partial charge >= 0.3 is 6.18 Å². The molecule has 0 aliphatic carbocycles. The molecule has 5 nitrogen and oxygen atoms in total. The first-order chi connectivity index (χ1) is 11.2. The maximum absolute atomic E-state index is 12.7. The van der Waals surface area contributed by atoms with Crippen LogP contribution < -0.4 is 11.1 Å². The smallest absolute Gasteiger partial charge is 0.365 e. The zero-order valence-electron chi connectivity index (χ0n) is 14.6.